The smallest absolute Gasteiger partial charge is 0.314 e. The highest BCUT2D eigenvalue weighted by Gasteiger charge is 2.45. The Balaban J connectivity index is 1.75. The van der Waals surface area contributed by atoms with Gasteiger partial charge in [-0.2, -0.15) is 0 Å². The lowest BCUT2D eigenvalue weighted by Crippen LogP contribution is -2.51. The maximum atomic E-state index is 14.4. The molecular weight excluding hydrogens is 416 g/mol. The van der Waals surface area contributed by atoms with Crippen LogP contribution >= 0.6 is 0 Å². The molecular formula is C25H29F2NO4. The van der Waals surface area contributed by atoms with Crippen LogP contribution in [0.2, 0.25) is 0 Å². The van der Waals surface area contributed by atoms with Gasteiger partial charge in [0.25, 0.3) is 0 Å². The number of piperidine rings is 1. The van der Waals surface area contributed by atoms with E-state index in [-0.39, 0.29) is 37.5 Å². The van der Waals surface area contributed by atoms with Crippen LogP contribution in [0.3, 0.4) is 0 Å². The fourth-order valence-corrected chi connectivity index (χ4v) is 4.28. The number of likely N-dealkylation sites (tertiary alicyclic amines) is 1. The summed E-state index contributed by atoms with van der Waals surface area (Å²) in [7, 11) is 1.59. The van der Waals surface area contributed by atoms with Crippen LogP contribution in [-0.2, 0) is 27.2 Å². The number of carbonyl (C=O) groups excluding carboxylic acids is 2. The topological polar surface area (TPSA) is 55.8 Å². The Kier molecular flexibility index (Phi) is 7.83. The number of hydrogen-bond donors (Lipinski definition) is 0. The van der Waals surface area contributed by atoms with Gasteiger partial charge in [-0.3, -0.25) is 9.59 Å². The molecule has 5 nitrogen and oxygen atoms in total. The molecule has 32 heavy (non-hydrogen) atoms. The normalized spacial score (nSPS) is 18.3. The van der Waals surface area contributed by atoms with Gasteiger partial charge in [-0.15, -0.1) is 0 Å². The third kappa shape index (κ3) is 5.64. The molecule has 0 N–H and O–H groups in total. The number of aryl methyl sites for hydroxylation is 1. The van der Waals surface area contributed by atoms with Crippen molar-refractivity contribution < 1.29 is 27.8 Å². The SMILES string of the molecule is CCOC(=O)C1(Cc2ccc(F)cc2F)CCCN(C(=O)CCc2cccc(OC)c2)C1. The van der Waals surface area contributed by atoms with Gasteiger partial charge in [0.1, 0.15) is 17.4 Å². The minimum absolute atomic E-state index is 0.0532. The summed E-state index contributed by atoms with van der Waals surface area (Å²) in [5, 5.41) is 0. The first-order valence-corrected chi connectivity index (χ1v) is 10.9. The van der Waals surface area contributed by atoms with Gasteiger partial charge in [0.2, 0.25) is 5.91 Å². The highest BCUT2D eigenvalue weighted by molar-refractivity contribution is 5.81. The molecule has 1 saturated heterocycles. The van der Waals surface area contributed by atoms with Crippen molar-refractivity contribution in [1.82, 2.24) is 4.90 Å². The highest BCUT2D eigenvalue weighted by atomic mass is 19.1. The van der Waals surface area contributed by atoms with E-state index in [4.69, 9.17) is 9.47 Å². The monoisotopic (exact) mass is 445 g/mol. The number of carbonyl (C=O) groups is 2. The molecule has 0 aliphatic carbocycles. The second-order valence-electron chi connectivity index (χ2n) is 8.18. The number of amides is 1. The van der Waals surface area contributed by atoms with Gasteiger partial charge in [-0.1, -0.05) is 18.2 Å². The molecule has 0 spiro atoms. The molecule has 3 rings (SSSR count). The van der Waals surface area contributed by atoms with E-state index in [1.807, 2.05) is 24.3 Å². The van der Waals surface area contributed by atoms with E-state index in [2.05, 4.69) is 0 Å². The standard InChI is InChI=1S/C25H29F2NO4/c1-3-32-24(30)25(16-19-9-10-20(26)15-22(19)27)12-5-13-28(17-25)23(29)11-8-18-6-4-7-21(14-18)31-2/h4,6-7,9-10,14-15H,3,5,8,11-13,16-17H2,1-2H3. The first kappa shape index (κ1) is 23.7. The Morgan fingerprint density at radius 3 is 2.69 bits per heavy atom. The van der Waals surface area contributed by atoms with Crippen molar-refractivity contribution in [2.75, 3.05) is 26.8 Å². The van der Waals surface area contributed by atoms with Crippen LogP contribution in [0.25, 0.3) is 0 Å². The van der Waals surface area contributed by atoms with E-state index >= 15 is 0 Å². The Morgan fingerprint density at radius 2 is 1.97 bits per heavy atom. The van der Waals surface area contributed by atoms with Gasteiger partial charge >= 0.3 is 5.97 Å². The molecule has 1 atom stereocenters. The lowest BCUT2D eigenvalue weighted by Gasteiger charge is -2.41. The van der Waals surface area contributed by atoms with Crippen molar-refractivity contribution in [2.24, 2.45) is 5.41 Å². The predicted octanol–water partition coefficient (Wildman–Crippen LogP) is 4.32. The third-order valence-corrected chi connectivity index (χ3v) is 5.94. The highest BCUT2D eigenvalue weighted by Crippen LogP contribution is 2.36. The fourth-order valence-electron chi connectivity index (χ4n) is 4.28. The summed E-state index contributed by atoms with van der Waals surface area (Å²) in [5.41, 5.74) is 0.170. The summed E-state index contributed by atoms with van der Waals surface area (Å²) in [6.07, 6.45) is 1.97. The molecule has 2 aromatic rings. The van der Waals surface area contributed by atoms with Gasteiger partial charge in [-0.25, -0.2) is 8.78 Å². The molecule has 1 unspecified atom stereocenters. The number of benzene rings is 2. The Bertz CT molecular complexity index is 965. The summed E-state index contributed by atoms with van der Waals surface area (Å²) in [5.74, 6) is -1.16. The quantitative estimate of drug-likeness (QED) is 0.568. The molecule has 7 heteroatoms. The first-order chi connectivity index (χ1) is 15.4. The predicted molar refractivity (Wildman–Crippen MR) is 116 cm³/mol. The lowest BCUT2D eigenvalue weighted by molar-refractivity contribution is -0.160. The molecule has 1 heterocycles. The van der Waals surface area contributed by atoms with Crippen LogP contribution in [0.4, 0.5) is 8.78 Å². The minimum atomic E-state index is -1.06. The summed E-state index contributed by atoms with van der Waals surface area (Å²) < 4.78 is 38.3. The lowest BCUT2D eigenvalue weighted by atomic mass is 9.74. The molecule has 2 aromatic carbocycles. The van der Waals surface area contributed by atoms with E-state index in [0.29, 0.717) is 25.8 Å². The van der Waals surface area contributed by atoms with Crippen LogP contribution in [-0.4, -0.2) is 43.6 Å². The number of halogens is 2. The maximum absolute atomic E-state index is 14.4. The Labute approximate surface area is 187 Å². The zero-order chi connectivity index (χ0) is 23.1. The number of methoxy groups -OCH3 is 1. The summed E-state index contributed by atoms with van der Waals surface area (Å²) in [6.45, 7) is 2.59. The minimum Gasteiger partial charge on any atom is -0.497 e. The number of esters is 1. The second-order valence-corrected chi connectivity index (χ2v) is 8.18. The molecule has 1 fully saturated rings. The van der Waals surface area contributed by atoms with Gasteiger partial charge < -0.3 is 14.4 Å². The zero-order valence-electron chi connectivity index (χ0n) is 18.5. The van der Waals surface area contributed by atoms with E-state index < -0.39 is 23.0 Å². The van der Waals surface area contributed by atoms with Crippen LogP contribution in [0.15, 0.2) is 42.5 Å². The van der Waals surface area contributed by atoms with Crippen LogP contribution in [0.5, 0.6) is 5.75 Å². The van der Waals surface area contributed by atoms with Crippen molar-refractivity contribution in [3.63, 3.8) is 0 Å². The number of hydrogen-bond acceptors (Lipinski definition) is 4. The van der Waals surface area contributed by atoms with Crippen LogP contribution in [0.1, 0.15) is 37.3 Å². The van der Waals surface area contributed by atoms with Crippen molar-refractivity contribution in [1.29, 1.82) is 0 Å². The first-order valence-electron chi connectivity index (χ1n) is 10.9. The van der Waals surface area contributed by atoms with Crippen LogP contribution < -0.4 is 4.74 Å². The third-order valence-electron chi connectivity index (χ3n) is 5.94. The molecule has 1 aliphatic rings. The van der Waals surface area contributed by atoms with E-state index in [0.717, 1.165) is 17.4 Å². The summed E-state index contributed by atoms with van der Waals surface area (Å²) in [4.78, 5) is 27.6. The van der Waals surface area contributed by atoms with Gasteiger partial charge in [-0.05, 0) is 61.9 Å². The largest absolute Gasteiger partial charge is 0.497 e. The number of rotatable bonds is 8. The second kappa shape index (κ2) is 10.6. The van der Waals surface area contributed by atoms with E-state index in [1.54, 1.807) is 18.9 Å². The van der Waals surface area contributed by atoms with Gasteiger partial charge in [0.15, 0.2) is 0 Å². The zero-order valence-corrected chi connectivity index (χ0v) is 18.5. The Morgan fingerprint density at radius 1 is 1.16 bits per heavy atom. The van der Waals surface area contributed by atoms with Gasteiger partial charge in [0, 0.05) is 25.6 Å². The molecule has 0 saturated carbocycles. The molecule has 172 valence electrons. The Hall–Kier alpha value is -2.96. The average Bonchev–Trinajstić information content (AvgIpc) is 2.80. The van der Waals surface area contributed by atoms with Gasteiger partial charge in [0.05, 0.1) is 19.1 Å². The molecule has 1 amide bonds. The molecule has 0 aromatic heterocycles. The maximum Gasteiger partial charge on any atom is 0.314 e. The molecule has 1 aliphatic heterocycles. The number of nitrogens with zero attached hydrogens (tertiary/aromatic N) is 1. The summed E-state index contributed by atoms with van der Waals surface area (Å²) in [6, 6.07) is 10.9. The van der Waals surface area contributed by atoms with Crippen molar-refractivity contribution in [3.05, 3.63) is 65.2 Å². The molecule has 0 radical (unpaired) electrons. The van der Waals surface area contributed by atoms with E-state index in [9.17, 15) is 18.4 Å². The van der Waals surface area contributed by atoms with Crippen LogP contribution in [0, 0.1) is 17.0 Å². The van der Waals surface area contributed by atoms with Crippen molar-refractivity contribution >= 4 is 11.9 Å². The molecule has 0 bridgehead atoms. The number of ether oxygens (including phenoxy) is 2. The fraction of sp³-hybridized carbons (Fsp3) is 0.440. The van der Waals surface area contributed by atoms with Crippen molar-refractivity contribution in [3.8, 4) is 5.75 Å². The average molecular weight is 446 g/mol. The van der Waals surface area contributed by atoms with E-state index in [1.165, 1.54) is 12.1 Å². The van der Waals surface area contributed by atoms with Crippen molar-refractivity contribution in [2.45, 2.75) is 39.0 Å². The summed E-state index contributed by atoms with van der Waals surface area (Å²) >= 11 is 0.